The van der Waals surface area contributed by atoms with Gasteiger partial charge in [-0.15, -0.1) is 0 Å². The van der Waals surface area contributed by atoms with Gasteiger partial charge in [0.05, 0.1) is 10.7 Å². The fraction of sp³-hybridized carbons (Fsp3) is 0. The quantitative estimate of drug-likeness (QED) is 0.723. The van der Waals surface area contributed by atoms with Gasteiger partial charge in [-0.25, -0.2) is 0 Å². The van der Waals surface area contributed by atoms with Crippen LogP contribution in [-0.2, 0) is 0 Å². The van der Waals surface area contributed by atoms with Crippen LogP contribution in [0, 0.1) is 0 Å². The van der Waals surface area contributed by atoms with Crippen LogP contribution in [0.3, 0.4) is 0 Å². The third-order valence-electron chi connectivity index (χ3n) is 2.09. The summed E-state index contributed by atoms with van der Waals surface area (Å²) in [6, 6.07) is 10.7. The Morgan fingerprint density at radius 3 is 2.67 bits per heavy atom. The smallest absolute Gasteiger partial charge is 0.150 e. The molecule has 0 amide bonds. The molecule has 2 rings (SSSR count). The summed E-state index contributed by atoms with van der Waals surface area (Å²) in [5.41, 5.74) is 1.96. The Morgan fingerprint density at radius 1 is 1.13 bits per heavy atom. The minimum absolute atomic E-state index is 0.540. The van der Waals surface area contributed by atoms with Crippen molar-refractivity contribution >= 4 is 17.9 Å². The molecule has 1 aromatic carbocycles. The highest BCUT2D eigenvalue weighted by Gasteiger charge is 2.08. The maximum atomic E-state index is 10.9. The molecule has 1 aromatic heterocycles. The number of aromatic nitrogens is 1. The van der Waals surface area contributed by atoms with Crippen LogP contribution in [0.5, 0.6) is 0 Å². The summed E-state index contributed by atoms with van der Waals surface area (Å²) >= 11 is 6.04. The van der Waals surface area contributed by atoms with Crippen LogP contribution in [0.4, 0.5) is 0 Å². The highest BCUT2D eigenvalue weighted by molar-refractivity contribution is 6.33. The first-order valence-electron chi connectivity index (χ1n) is 4.48. The molecule has 3 heteroatoms. The van der Waals surface area contributed by atoms with Gasteiger partial charge in [-0.1, -0.05) is 29.8 Å². The molecule has 0 saturated heterocycles. The number of hydrogen-bond acceptors (Lipinski definition) is 2. The molecule has 1 heterocycles. The molecule has 0 radical (unpaired) electrons. The Bertz CT molecular complexity index is 482. The van der Waals surface area contributed by atoms with E-state index >= 15 is 0 Å². The van der Waals surface area contributed by atoms with Gasteiger partial charge >= 0.3 is 0 Å². The lowest BCUT2D eigenvalue weighted by molar-refractivity contribution is 0.112. The molecule has 0 unspecified atom stereocenters. The standard InChI is InChI=1S/C12H8ClNO/c13-10-5-3-4-9(8-15)12(10)11-6-1-2-7-14-11/h1-8H. The highest BCUT2D eigenvalue weighted by atomic mass is 35.5. The number of nitrogens with zero attached hydrogens (tertiary/aromatic N) is 1. The lowest BCUT2D eigenvalue weighted by Crippen LogP contribution is -1.90. The van der Waals surface area contributed by atoms with Crippen LogP contribution >= 0.6 is 11.6 Å². The third kappa shape index (κ3) is 1.90. The van der Waals surface area contributed by atoms with Gasteiger partial charge < -0.3 is 0 Å². The van der Waals surface area contributed by atoms with E-state index in [2.05, 4.69) is 4.98 Å². The van der Waals surface area contributed by atoms with E-state index < -0.39 is 0 Å². The van der Waals surface area contributed by atoms with Gasteiger partial charge in [0.15, 0.2) is 6.29 Å². The Hall–Kier alpha value is -1.67. The van der Waals surface area contributed by atoms with Gasteiger partial charge in [-0.05, 0) is 18.2 Å². The fourth-order valence-corrected chi connectivity index (χ4v) is 1.70. The topological polar surface area (TPSA) is 30.0 Å². The normalized spacial score (nSPS) is 9.93. The number of benzene rings is 1. The van der Waals surface area contributed by atoms with Crippen molar-refractivity contribution in [1.82, 2.24) is 4.98 Å². The molecular formula is C12H8ClNO. The zero-order valence-electron chi connectivity index (χ0n) is 7.85. The summed E-state index contributed by atoms with van der Waals surface area (Å²) in [5.74, 6) is 0. The number of aldehydes is 1. The lowest BCUT2D eigenvalue weighted by Gasteiger charge is -2.05. The van der Waals surface area contributed by atoms with E-state index in [0.717, 1.165) is 6.29 Å². The Kier molecular flexibility index (Phi) is 2.79. The molecule has 0 aliphatic heterocycles. The molecule has 0 aliphatic rings. The summed E-state index contributed by atoms with van der Waals surface area (Å²) in [7, 11) is 0. The van der Waals surface area contributed by atoms with Crippen molar-refractivity contribution in [3.8, 4) is 11.3 Å². The number of carbonyl (C=O) groups is 1. The predicted octanol–water partition coefficient (Wildman–Crippen LogP) is 3.21. The number of rotatable bonds is 2. The molecule has 0 N–H and O–H groups in total. The Labute approximate surface area is 92.5 Å². The SMILES string of the molecule is O=Cc1cccc(Cl)c1-c1ccccn1. The van der Waals surface area contributed by atoms with Gasteiger partial charge in [0.1, 0.15) is 0 Å². The van der Waals surface area contributed by atoms with Crippen molar-refractivity contribution in [2.75, 3.05) is 0 Å². The number of halogens is 1. The van der Waals surface area contributed by atoms with Gasteiger partial charge in [-0.2, -0.15) is 0 Å². The summed E-state index contributed by atoms with van der Waals surface area (Å²) in [5, 5.41) is 0.540. The van der Waals surface area contributed by atoms with Crippen LogP contribution in [0.1, 0.15) is 10.4 Å². The maximum Gasteiger partial charge on any atom is 0.150 e. The molecule has 0 spiro atoms. The molecule has 2 nitrogen and oxygen atoms in total. The maximum absolute atomic E-state index is 10.9. The first-order valence-corrected chi connectivity index (χ1v) is 4.86. The second kappa shape index (κ2) is 4.24. The molecule has 0 saturated carbocycles. The number of pyridine rings is 1. The van der Waals surface area contributed by atoms with E-state index in [1.54, 1.807) is 24.4 Å². The predicted molar refractivity (Wildman–Crippen MR) is 60.1 cm³/mol. The number of hydrogen-bond donors (Lipinski definition) is 0. The molecule has 0 aliphatic carbocycles. The molecule has 0 bridgehead atoms. The zero-order valence-corrected chi connectivity index (χ0v) is 8.61. The molecule has 74 valence electrons. The summed E-state index contributed by atoms with van der Waals surface area (Å²) in [6.07, 6.45) is 2.46. The Balaban J connectivity index is 2.66. The van der Waals surface area contributed by atoms with Crippen molar-refractivity contribution in [3.05, 3.63) is 53.2 Å². The van der Waals surface area contributed by atoms with E-state index in [1.807, 2.05) is 18.2 Å². The molecular weight excluding hydrogens is 210 g/mol. The average Bonchev–Trinajstić information content (AvgIpc) is 2.29. The zero-order chi connectivity index (χ0) is 10.7. The van der Waals surface area contributed by atoms with Crippen molar-refractivity contribution in [3.63, 3.8) is 0 Å². The highest BCUT2D eigenvalue weighted by Crippen LogP contribution is 2.28. The van der Waals surface area contributed by atoms with Crippen molar-refractivity contribution in [2.24, 2.45) is 0 Å². The van der Waals surface area contributed by atoms with Gasteiger partial charge in [0.25, 0.3) is 0 Å². The second-order valence-corrected chi connectivity index (χ2v) is 3.44. The minimum atomic E-state index is 0.540. The fourth-order valence-electron chi connectivity index (χ4n) is 1.42. The average molecular weight is 218 g/mol. The second-order valence-electron chi connectivity index (χ2n) is 3.04. The van der Waals surface area contributed by atoms with Crippen LogP contribution in [0.15, 0.2) is 42.6 Å². The van der Waals surface area contributed by atoms with Crippen LogP contribution in [0.25, 0.3) is 11.3 Å². The molecule has 0 fully saturated rings. The first kappa shape index (κ1) is 9.87. The van der Waals surface area contributed by atoms with Crippen molar-refractivity contribution < 1.29 is 4.79 Å². The van der Waals surface area contributed by atoms with E-state index in [4.69, 9.17) is 11.6 Å². The largest absolute Gasteiger partial charge is 0.298 e. The molecule has 0 atom stereocenters. The van der Waals surface area contributed by atoms with Gasteiger partial charge in [0.2, 0.25) is 0 Å². The van der Waals surface area contributed by atoms with Crippen molar-refractivity contribution in [1.29, 1.82) is 0 Å². The molecule has 2 aromatic rings. The van der Waals surface area contributed by atoms with Crippen LogP contribution in [-0.4, -0.2) is 11.3 Å². The Morgan fingerprint density at radius 2 is 2.00 bits per heavy atom. The third-order valence-corrected chi connectivity index (χ3v) is 2.41. The van der Waals surface area contributed by atoms with Crippen LogP contribution in [0.2, 0.25) is 5.02 Å². The molecule has 15 heavy (non-hydrogen) atoms. The van der Waals surface area contributed by atoms with Gasteiger partial charge in [0, 0.05) is 17.3 Å². The monoisotopic (exact) mass is 217 g/mol. The van der Waals surface area contributed by atoms with Crippen LogP contribution < -0.4 is 0 Å². The summed E-state index contributed by atoms with van der Waals surface area (Å²) in [6.45, 7) is 0. The van der Waals surface area contributed by atoms with E-state index in [-0.39, 0.29) is 0 Å². The van der Waals surface area contributed by atoms with E-state index in [0.29, 0.717) is 21.8 Å². The first-order chi connectivity index (χ1) is 7.33. The van der Waals surface area contributed by atoms with E-state index in [1.165, 1.54) is 0 Å². The van der Waals surface area contributed by atoms with E-state index in [9.17, 15) is 4.79 Å². The number of carbonyl (C=O) groups excluding carboxylic acids is 1. The van der Waals surface area contributed by atoms with Crippen molar-refractivity contribution in [2.45, 2.75) is 0 Å². The van der Waals surface area contributed by atoms with Gasteiger partial charge in [-0.3, -0.25) is 9.78 Å². The summed E-state index contributed by atoms with van der Waals surface area (Å²) < 4.78 is 0. The summed E-state index contributed by atoms with van der Waals surface area (Å²) in [4.78, 5) is 15.0. The minimum Gasteiger partial charge on any atom is -0.298 e. The lowest BCUT2D eigenvalue weighted by atomic mass is 10.1.